The number of anilines is 1. The summed E-state index contributed by atoms with van der Waals surface area (Å²) < 4.78 is 0. The number of aliphatic imine (C=N–C) groups is 1. The number of nitrogens with two attached hydrogens (primary N) is 1. The molecule has 0 radical (unpaired) electrons. The average Bonchev–Trinajstić information content (AvgIpc) is 2.69. The van der Waals surface area contributed by atoms with E-state index in [4.69, 9.17) is 5.73 Å². The number of hydrogen-bond acceptors (Lipinski definition) is 4. The summed E-state index contributed by atoms with van der Waals surface area (Å²) >= 11 is 0. The first-order valence-electron chi connectivity index (χ1n) is 10.6. The summed E-state index contributed by atoms with van der Waals surface area (Å²) in [4.78, 5) is 22.6. The smallest absolute Gasteiger partial charge is 0.220 e. The average molecular weight is 403 g/mol. The van der Waals surface area contributed by atoms with Crippen LogP contribution in [0.5, 0.6) is 0 Å². The number of piperidine rings is 1. The number of primary amides is 1. The topological polar surface area (TPSA) is 95.6 Å². The number of rotatable bonds is 7. The predicted octanol–water partition coefficient (Wildman–Crippen LogP) is 2.66. The number of amides is 1. The zero-order chi connectivity index (χ0) is 21.4. The lowest BCUT2D eigenvalue weighted by molar-refractivity contribution is -0.122. The molecule has 29 heavy (non-hydrogen) atoms. The summed E-state index contributed by atoms with van der Waals surface area (Å²) in [7, 11) is 1.80. The third-order valence-electron chi connectivity index (χ3n) is 5.44. The minimum Gasteiger partial charge on any atom is -0.369 e. The Hall–Kier alpha value is -2.31. The van der Waals surface area contributed by atoms with E-state index < -0.39 is 0 Å². The van der Waals surface area contributed by atoms with E-state index in [1.54, 1.807) is 7.05 Å². The summed E-state index contributed by atoms with van der Waals surface area (Å²) in [6, 6.07) is 4.39. The Kier molecular flexibility index (Phi) is 8.29. The summed E-state index contributed by atoms with van der Waals surface area (Å²) in [5.74, 6) is 1.56. The van der Waals surface area contributed by atoms with E-state index in [9.17, 15) is 4.79 Å². The monoisotopic (exact) mass is 402 g/mol. The zero-order valence-electron chi connectivity index (χ0n) is 18.7. The van der Waals surface area contributed by atoms with E-state index in [2.05, 4.69) is 59.3 Å². The number of carbonyl (C=O) groups excluding carboxylic acids is 1. The number of aromatic nitrogens is 1. The highest BCUT2D eigenvalue weighted by Crippen LogP contribution is 2.24. The maximum Gasteiger partial charge on any atom is 0.220 e. The highest BCUT2D eigenvalue weighted by atomic mass is 16.1. The molecular formula is C22H38N6O. The second-order valence-electron chi connectivity index (χ2n) is 9.22. The summed E-state index contributed by atoms with van der Waals surface area (Å²) in [6.07, 6.45) is 5.64. The minimum atomic E-state index is -0.192. The van der Waals surface area contributed by atoms with Crippen molar-refractivity contribution in [3.8, 4) is 0 Å². The van der Waals surface area contributed by atoms with Gasteiger partial charge in [-0.2, -0.15) is 0 Å². The standard InChI is InChI=1S/C22H38N6O/c1-16(8-11-22(2,3)4)27-21(24-5)26-15-18-7-6-12-25-20(18)28-13-9-17(10-14-28)19(23)29/h6-7,12,16-17H,8-11,13-15H2,1-5H3,(H2,23,29)(H2,24,26,27). The van der Waals surface area contributed by atoms with Crippen LogP contribution in [0.2, 0.25) is 0 Å². The molecule has 1 fully saturated rings. The molecule has 0 aliphatic carbocycles. The van der Waals surface area contributed by atoms with Gasteiger partial charge in [0.1, 0.15) is 5.82 Å². The molecule has 2 rings (SSSR count). The maximum atomic E-state index is 11.4. The number of carbonyl (C=O) groups is 1. The van der Waals surface area contributed by atoms with Gasteiger partial charge in [0.2, 0.25) is 5.91 Å². The van der Waals surface area contributed by atoms with Crippen molar-refractivity contribution >= 4 is 17.7 Å². The van der Waals surface area contributed by atoms with Crippen LogP contribution >= 0.6 is 0 Å². The molecule has 2 heterocycles. The van der Waals surface area contributed by atoms with E-state index >= 15 is 0 Å². The molecule has 0 aromatic carbocycles. The number of hydrogen-bond donors (Lipinski definition) is 3. The van der Waals surface area contributed by atoms with Crippen LogP contribution < -0.4 is 21.3 Å². The largest absolute Gasteiger partial charge is 0.369 e. The molecule has 1 amide bonds. The van der Waals surface area contributed by atoms with E-state index in [1.807, 2.05) is 12.3 Å². The fourth-order valence-electron chi connectivity index (χ4n) is 3.56. The van der Waals surface area contributed by atoms with Gasteiger partial charge in [0.15, 0.2) is 5.96 Å². The van der Waals surface area contributed by atoms with Gasteiger partial charge < -0.3 is 21.3 Å². The molecule has 7 heteroatoms. The van der Waals surface area contributed by atoms with Gasteiger partial charge in [-0.15, -0.1) is 0 Å². The van der Waals surface area contributed by atoms with Crippen LogP contribution in [0.25, 0.3) is 0 Å². The van der Waals surface area contributed by atoms with Crippen molar-refractivity contribution in [3.63, 3.8) is 0 Å². The molecule has 7 nitrogen and oxygen atoms in total. The predicted molar refractivity (Wildman–Crippen MR) is 120 cm³/mol. The van der Waals surface area contributed by atoms with Crippen molar-refractivity contribution in [3.05, 3.63) is 23.9 Å². The molecular weight excluding hydrogens is 364 g/mol. The second kappa shape index (κ2) is 10.5. The first-order chi connectivity index (χ1) is 13.7. The van der Waals surface area contributed by atoms with Crippen LogP contribution in [0.1, 0.15) is 58.9 Å². The Morgan fingerprint density at radius 2 is 2.07 bits per heavy atom. The van der Waals surface area contributed by atoms with Gasteiger partial charge >= 0.3 is 0 Å². The number of guanidine groups is 1. The van der Waals surface area contributed by atoms with Gasteiger partial charge in [0.25, 0.3) is 0 Å². The van der Waals surface area contributed by atoms with Gasteiger partial charge in [0.05, 0.1) is 0 Å². The summed E-state index contributed by atoms with van der Waals surface area (Å²) in [5, 5.41) is 6.90. The Morgan fingerprint density at radius 1 is 1.38 bits per heavy atom. The van der Waals surface area contributed by atoms with Gasteiger partial charge in [-0.05, 0) is 44.1 Å². The van der Waals surface area contributed by atoms with E-state index in [1.165, 1.54) is 0 Å². The Morgan fingerprint density at radius 3 is 2.66 bits per heavy atom. The van der Waals surface area contributed by atoms with Crippen molar-refractivity contribution in [1.82, 2.24) is 15.6 Å². The van der Waals surface area contributed by atoms with Crippen molar-refractivity contribution in [1.29, 1.82) is 0 Å². The van der Waals surface area contributed by atoms with Crippen molar-refractivity contribution in [2.45, 2.75) is 66.0 Å². The van der Waals surface area contributed by atoms with Crippen molar-refractivity contribution in [2.75, 3.05) is 25.0 Å². The third-order valence-corrected chi connectivity index (χ3v) is 5.44. The molecule has 1 saturated heterocycles. The molecule has 1 atom stereocenters. The fraction of sp³-hybridized carbons (Fsp3) is 0.682. The molecule has 1 aliphatic heterocycles. The lowest BCUT2D eigenvalue weighted by Gasteiger charge is -2.32. The molecule has 4 N–H and O–H groups in total. The van der Waals surface area contributed by atoms with Crippen molar-refractivity contribution < 1.29 is 4.79 Å². The summed E-state index contributed by atoms with van der Waals surface area (Å²) in [6.45, 7) is 11.2. The van der Waals surface area contributed by atoms with Crippen LogP contribution in [0, 0.1) is 11.3 Å². The second-order valence-corrected chi connectivity index (χ2v) is 9.22. The maximum absolute atomic E-state index is 11.4. The molecule has 0 saturated carbocycles. The lowest BCUT2D eigenvalue weighted by atomic mass is 9.89. The van der Waals surface area contributed by atoms with Crippen LogP contribution in [0.15, 0.2) is 23.3 Å². The van der Waals surface area contributed by atoms with Gasteiger partial charge in [-0.3, -0.25) is 9.79 Å². The first kappa shape index (κ1) is 23.0. The number of nitrogens with one attached hydrogen (secondary N) is 2. The van der Waals surface area contributed by atoms with Gasteiger partial charge in [-0.1, -0.05) is 26.8 Å². The molecule has 1 aromatic heterocycles. The molecule has 1 aliphatic rings. The van der Waals surface area contributed by atoms with E-state index in [0.29, 0.717) is 18.0 Å². The Labute approximate surface area is 175 Å². The highest BCUT2D eigenvalue weighted by molar-refractivity contribution is 5.80. The fourth-order valence-corrected chi connectivity index (χ4v) is 3.56. The van der Waals surface area contributed by atoms with Crippen molar-refractivity contribution in [2.24, 2.45) is 22.1 Å². The van der Waals surface area contributed by atoms with Crippen LogP contribution in [-0.4, -0.2) is 43.0 Å². The van der Waals surface area contributed by atoms with Crippen LogP contribution in [-0.2, 0) is 11.3 Å². The van der Waals surface area contributed by atoms with Gasteiger partial charge in [-0.25, -0.2) is 4.98 Å². The third kappa shape index (κ3) is 7.55. The molecule has 0 spiro atoms. The van der Waals surface area contributed by atoms with E-state index in [-0.39, 0.29) is 11.8 Å². The minimum absolute atomic E-state index is 0.0193. The number of nitrogens with zero attached hydrogens (tertiary/aromatic N) is 3. The van der Waals surface area contributed by atoms with Crippen LogP contribution in [0.3, 0.4) is 0 Å². The Balaban J connectivity index is 1.92. The first-order valence-corrected chi connectivity index (χ1v) is 10.6. The quantitative estimate of drug-likeness (QED) is 0.481. The normalized spacial score (nSPS) is 17.1. The molecule has 162 valence electrons. The highest BCUT2D eigenvalue weighted by Gasteiger charge is 2.25. The zero-order valence-corrected chi connectivity index (χ0v) is 18.7. The molecule has 1 aromatic rings. The van der Waals surface area contributed by atoms with Crippen LogP contribution in [0.4, 0.5) is 5.82 Å². The molecule has 1 unspecified atom stereocenters. The Bertz CT molecular complexity index is 689. The molecule has 0 bridgehead atoms. The SMILES string of the molecule is CN=C(NCc1cccnc1N1CCC(C(N)=O)CC1)NC(C)CCC(C)(C)C. The van der Waals surface area contributed by atoms with Gasteiger partial charge in [0, 0.05) is 50.4 Å². The number of pyridine rings is 1. The van der Waals surface area contributed by atoms with E-state index in [0.717, 1.165) is 56.1 Å². The lowest BCUT2D eigenvalue weighted by Crippen LogP contribution is -2.43. The summed E-state index contributed by atoms with van der Waals surface area (Å²) in [5.41, 5.74) is 6.91.